The third-order valence-corrected chi connectivity index (χ3v) is 2.61. The minimum absolute atomic E-state index is 0.0173. The molecule has 5 nitrogen and oxygen atoms in total. The monoisotopic (exact) mass is 246 g/mol. The second-order valence-corrected chi connectivity index (χ2v) is 3.66. The van der Waals surface area contributed by atoms with E-state index in [0.29, 0.717) is 5.56 Å². The SMILES string of the molecule is N#CC(C#N)=C1NC(=O)C(c2ccccc2)=C1C#N. The fourth-order valence-corrected chi connectivity index (χ4v) is 1.79. The molecule has 88 valence electrons. The lowest BCUT2D eigenvalue weighted by atomic mass is 10.0. The van der Waals surface area contributed by atoms with Gasteiger partial charge in [-0.15, -0.1) is 0 Å². The Labute approximate surface area is 109 Å². The van der Waals surface area contributed by atoms with Gasteiger partial charge < -0.3 is 5.32 Å². The predicted octanol–water partition coefficient (Wildman–Crippen LogP) is 1.39. The number of amides is 1. The summed E-state index contributed by atoms with van der Waals surface area (Å²) >= 11 is 0. The van der Waals surface area contributed by atoms with Crippen LogP contribution in [0, 0.1) is 34.0 Å². The largest absolute Gasteiger partial charge is 0.319 e. The minimum atomic E-state index is -0.485. The molecule has 1 amide bonds. The first-order valence-corrected chi connectivity index (χ1v) is 5.29. The van der Waals surface area contributed by atoms with Gasteiger partial charge in [0.15, 0.2) is 5.57 Å². The van der Waals surface area contributed by atoms with Gasteiger partial charge in [-0.25, -0.2) is 0 Å². The molecule has 0 aromatic heterocycles. The molecule has 5 heteroatoms. The standard InChI is InChI=1S/C14H6N4O/c15-6-10(7-16)13-11(8-17)12(14(19)18-13)9-4-2-1-3-5-9/h1-5H,(H,18,19). The van der Waals surface area contributed by atoms with E-state index in [1.165, 1.54) is 0 Å². The van der Waals surface area contributed by atoms with E-state index in [1.807, 2.05) is 6.07 Å². The predicted molar refractivity (Wildman–Crippen MR) is 65.4 cm³/mol. The maximum Gasteiger partial charge on any atom is 0.257 e. The molecule has 1 aliphatic rings. The molecule has 0 unspecified atom stereocenters. The van der Waals surface area contributed by atoms with E-state index in [-0.39, 0.29) is 22.4 Å². The zero-order chi connectivity index (χ0) is 13.8. The molecule has 1 aliphatic heterocycles. The van der Waals surface area contributed by atoms with Crippen LogP contribution in [0.3, 0.4) is 0 Å². The van der Waals surface area contributed by atoms with Crippen molar-refractivity contribution < 1.29 is 4.79 Å². The Morgan fingerprint density at radius 3 is 2.21 bits per heavy atom. The smallest absolute Gasteiger partial charge is 0.257 e. The van der Waals surface area contributed by atoms with Crippen molar-refractivity contribution in [2.45, 2.75) is 0 Å². The average Bonchev–Trinajstić information content (AvgIpc) is 2.78. The Morgan fingerprint density at radius 1 is 1.05 bits per heavy atom. The molecular formula is C14H6N4O. The van der Waals surface area contributed by atoms with Crippen LogP contribution in [0.5, 0.6) is 0 Å². The third-order valence-electron chi connectivity index (χ3n) is 2.61. The van der Waals surface area contributed by atoms with Crippen LogP contribution in [-0.2, 0) is 4.79 Å². The molecule has 2 rings (SSSR count). The molecule has 0 spiro atoms. The average molecular weight is 246 g/mol. The van der Waals surface area contributed by atoms with Crippen molar-refractivity contribution in [3.05, 3.63) is 52.7 Å². The number of nitriles is 3. The van der Waals surface area contributed by atoms with Gasteiger partial charge in [0.25, 0.3) is 5.91 Å². The molecule has 0 saturated carbocycles. The highest BCUT2D eigenvalue weighted by atomic mass is 16.2. The van der Waals surface area contributed by atoms with Crippen LogP contribution in [0.1, 0.15) is 5.56 Å². The summed E-state index contributed by atoms with van der Waals surface area (Å²) in [5, 5.41) is 29.2. The maximum absolute atomic E-state index is 11.9. The van der Waals surface area contributed by atoms with Gasteiger partial charge in [-0.2, -0.15) is 15.8 Å². The van der Waals surface area contributed by atoms with Crippen LogP contribution in [0.15, 0.2) is 47.2 Å². The lowest BCUT2D eigenvalue weighted by Crippen LogP contribution is -2.17. The summed E-state index contributed by atoms with van der Waals surface area (Å²) in [6.45, 7) is 0. The zero-order valence-corrected chi connectivity index (χ0v) is 9.64. The summed E-state index contributed by atoms with van der Waals surface area (Å²) in [6, 6.07) is 13.9. The Balaban J connectivity index is 2.73. The highest BCUT2D eigenvalue weighted by molar-refractivity contribution is 6.25. The van der Waals surface area contributed by atoms with Crippen molar-refractivity contribution in [3.8, 4) is 18.2 Å². The van der Waals surface area contributed by atoms with E-state index in [4.69, 9.17) is 10.5 Å². The number of carbonyl (C=O) groups excluding carboxylic acids is 1. The van der Waals surface area contributed by atoms with Gasteiger partial charge in [0, 0.05) is 0 Å². The van der Waals surface area contributed by atoms with Gasteiger partial charge in [-0.1, -0.05) is 30.3 Å². The molecular weight excluding hydrogens is 240 g/mol. The molecule has 1 aromatic rings. The first-order chi connectivity index (χ1) is 9.22. The number of hydrogen-bond acceptors (Lipinski definition) is 4. The summed E-state index contributed by atoms with van der Waals surface area (Å²) < 4.78 is 0. The van der Waals surface area contributed by atoms with E-state index >= 15 is 0 Å². The number of allylic oxidation sites excluding steroid dienone is 2. The minimum Gasteiger partial charge on any atom is -0.319 e. The maximum atomic E-state index is 11.9. The summed E-state index contributed by atoms with van der Waals surface area (Å²) in [5.41, 5.74) is 0.476. The topological polar surface area (TPSA) is 100 Å². The normalized spacial score (nSPS) is 13.3. The van der Waals surface area contributed by atoms with Crippen LogP contribution >= 0.6 is 0 Å². The van der Waals surface area contributed by atoms with E-state index in [1.54, 1.807) is 42.5 Å². The van der Waals surface area contributed by atoms with Crippen molar-refractivity contribution in [2.75, 3.05) is 0 Å². The van der Waals surface area contributed by atoms with Crippen molar-refractivity contribution >= 4 is 11.5 Å². The van der Waals surface area contributed by atoms with Gasteiger partial charge in [0.05, 0.1) is 16.8 Å². The van der Waals surface area contributed by atoms with Crippen molar-refractivity contribution in [3.63, 3.8) is 0 Å². The van der Waals surface area contributed by atoms with Gasteiger partial charge in [-0.05, 0) is 5.56 Å². The number of hydrogen-bond donors (Lipinski definition) is 1. The zero-order valence-electron chi connectivity index (χ0n) is 9.64. The molecule has 0 saturated heterocycles. The molecule has 0 aliphatic carbocycles. The molecule has 0 bridgehead atoms. The Hall–Kier alpha value is -3.36. The number of carbonyl (C=O) groups is 1. The highest BCUT2D eigenvalue weighted by Crippen LogP contribution is 2.29. The van der Waals surface area contributed by atoms with Gasteiger partial charge in [0.2, 0.25) is 0 Å². The Kier molecular flexibility index (Phi) is 3.11. The fourth-order valence-electron chi connectivity index (χ4n) is 1.79. The van der Waals surface area contributed by atoms with Crippen LogP contribution in [0.25, 0.3) is 5.57 Å². The molecule has 1 N–H and O–H groups in total. The molecule has 1 aromatic carbocycles. The summed E-state index contributed by atoms with van der Waals surface area (Å²) in [4.78, 5) is 11.9. The van der Waals surface area contributed by atoms with Crippen LogP contribution in [-0.4, -0.2) is 5.91 Å². The van der Waals surface area contributed by atoms with Gasteiger partial charge in [-0.3, -0.25) is 4.79 Å². The molecule has 0 fully saturated rings. The van der Waals surface area contributed by atoms with E-state index in [9.17, 15) is 10.1 Å². The van der Waals surface area contributed by atoms with Gasteiger partial charge in [0.1, 0.15) is 18.2 Å². The van der Waals surface area contributed by atoms with Crippen molar-refractivity contribution in [1.82, 2.24) is 5.32 Å². The number of benzene rings is 1. The van der Waals surface area contributed by atoms with Gasteiger partial charge >= 0.3 is 0 Å². The van der Waals surface area contributed by atoms with Crippen molar-refractivity contribution in [2.24, 2.45) is 0 Å². The lowest BCUT2D eigenvalue weighted by Gasteiger charge is -1.98. The van der Waals surface area contributed by atoms with Crippen molar-refractivity contribution in [1.29, 1.82) is 15.8 Å². The van der Waals surface area contributed by atoms with Crippen LogP contribution in [0.2, 0.25) is 0 Å². The fraction of sp³-hybridized carbons (Fsp3) is 0. The third kappa shape index (κ3) is 1.95. The highest BCUT2D eigenvalue weighted by Gasteiger charge is 2.30. The number of rotatable bonds is 1. The van der Waals surface area contributed by atoms with E-state index < -0.39 is 5.91 Å². The number of nitrogens with zero attached hydrogens (tertiary/aromatic N) is 3. The lowest BCUT2D eigenvalue weighted by molar-refractivity contribution is -0.114. The van der Waals surface area contributed by atoms with E-state index in [0.717, 1.165) is 0 Å². The summed E-state index contributed by atoms with van der Waals surface area (Å²) in [5.74, 6) is -0.485. The van der Waals surface area contributed by atoms with E-state index in [2.05, 4.69) is 5.32 Å². The molecule has 0 atom stereocenters. The second-order valence-electron chi connectivity index (χ2n) is 3.66. The first-order valence-electron chi connectivity index (χ1n) is 5.29. The first kappa shape index (κ1) is 12.1. The molecule has 19 heavy (non-hydrogen) atoms. The molecule has 1 heterocycles. The van der Waals surface area contributed by atoms with Crippen LogP contribution < -0.4 is 5.32 Å². The quantitative estimate of drug-likeness (QED) is 0.756. The van der Waals surface area contributed by atoms with Crippen LogP contribution in [0.4, 0.5) is 0 Å². The second kappa shape index (κ2) is 4.87. The molecule has 0 radical (unpaired) electrons. The Morgan fingerprint density at radius 2 is 1.68 bits per heavy atom. The number of nitrogens with one attached hydrogen (secondary N) is 1. The Bertz CT molecular complexity index is 720. The summed E-state index contributed by atoms with van der Waals surface area (Å²) in [7, 11) is 0. The summed E-state index contributed by atoms with van der Waals surface area (Å²) in [6.07, 6.45) is 0.